The molecule has 0 heterocycles. The number of fused-ring (bicyclic) bond motifs is 1. The molecule has 0 aliphatic rings. The summed E-state index contributed by atoms with van der Waals surface area (Å²) in [5, 5.41) is 6.18. The normalized spacial score (nSPS) is 12.8. The van der Waals surface area contributed by atoms with Gasteiger partial charge in [0.1, 0.15) is 0 Å². The Morgan fingerprint density at radius 2 is 1.89 bits per heavy atom. The van der Waals surface area contributed by atoms with E-state index < -0.39 is 0 Å². The minimum atomic E-state index is 0.643. The maximum absolute atomic E-state index is 5.56. The van der Waals surface area contributed by atoms with Gasteiger partial charge in [-0.1, -0.05) is 49.4 Å². The Morgan fingerprint density at radius 1 is 1.11 bits per heavy atom. The molecule has 2 aromatic rings. The molecule has 2 heteroatoms. The zero-order valence-electron chi connectivity index (χ0n) is 11.0. The highest BCUT2D eigenvalue weighted by atomic mass is 14.9. The van der Waals surface area contributed by atoms with Gasteiger partial charge in [0.25, 0.3) is 0 Å². The van der Waals surface area contributed by atoms with Gasteiger partial charge >= 0.3 is 0 Å². The van der Waals surface area contributed by atoms with E-state index in [1.54, 1.807) is 0 Å². The lowest BCUT2D eigenvalue weighted by molar-refractivity contribution is 0.487. The van der Waals surface area contributed by atoms with Crippen molar-refractivity contribution >= 4 is 10.8 Å². The first kappa shape index (κ1) is 13.1. The quantitative estimate of drug-likeness (QED) is 0.817. The fraction of sp³-hybridized carbons (Fsp3) is 0.375. The molecule has 0 spiro atoms. The van der Waals surface area contributed by atoms with Gasteiger partial charge in [-0.25, -0.2) is 0 Å². The first-order chi connectivity index (χ1) is 8.81. The van der Waals surface area contributed by atoms with Crippen LogP contribution < -0.4 is 11.1 Å². The van der Waals surface area contributed by atoms with Crippen LogP contribution in [0.25, 0.3) is 10.8 Å². The highest BCUT2D eigenvalue weighted by Crippen LogP contribution is 2.18. The summed E-state index contributed by atoms with van der Waals surface area (Å²) in [4.78, 5) is 0. The molecule has 18 heavy (non-hydrogen) atoms. The number of hydrogen-bond donors (Lipinski definition) is 2. The van der Waals surface area contributed by atoms with E-state index >= 15 is 0 Å². The van der Waals surface area contributed by atoms with E-state index in [1.807, 2.05) is 0 Å². The molecule has 0 amide bonds. The van der Waals surface area contributed by atoms with Crippen molar-refractivity contribution in [2.45, 2.75) is 19.9 Å². The maximum Gasteiger partial charge on any atom is 0.0211 e. The van der Waals surface area contributed by atoms with Crippen LogP contribution in [0.3, 0.4) is 0 Å². The molecule has 96 valence electrons. The highest BCUT2D eigenvalue weighted by Gasteiger charge is 2.02. The minimum absolute atomic E-state index is 0.643. The second kappa shape index (κ2) is 6.53. The number of nitrogens with one attached hydrogen (secondary N) is 1. The fourth-order valence-electron chi connectivity index (χ4n) is 2.29. The SMILES string of the molecule is CC(CCN)CNCc1cccc2ccccc12. The van der Waals surface area contributed by atoms with E-state index in [0.717, 1.165) is 26.1 Å². The van der Waals surface area contributed by atoms with Crippen LogP contribution in [0, 0.1) is 5.92 Å². The highest BCUT2D eigenvalue weighted by molar-refractivity contribution is 5.85. The summed E-state index contributed by atoms with van der Waals surface area (Å²) in [6.45, 7) is 4.97. The van der Waals surface area contributed by atoms with E-state index in [-0.39, 0.29) is 0 Å². The molecule has 0 radical (unpaired) electrons. The van der Waals surface area contributed by atoms with Crippen LogP contribution in [0.2, 0.25) is 0 Å². The fourth-order valence-corrected chi connectivity index (χ4v) is 2.29. The molecule has 2 aromatic carbocycles. The third-order valence-corrected chi connectivity index (χ3v) is 3.35. The third-order valence-electron chi connectivity index (χ3n) is 3.35. The zero-order chi connectivity index (χ0) is 12.8. The summed E-state index contributed by atoms with van der Waals surface area (Å²) in [6.07, 6.45) is 1.09. The van der Waals surface area contributed by atoms with Gasteiger partial charge in [0.15, 0.2) is 0 Å². The van der Waals surface area contributed by atoms with Gasteiger partial charge in [-0.05, 0) is 41.8 Å². The predicted molar refractivity (Wildman–Crippen MR) is 78.5 cm³/mol. The Balaban J connectivity index is 1.99. The minimum Gasteiger partial charge on any atom is -0.330 e. The molecule has 3 N–H and O–H groups in total. The van der Waals surface area contributed by atoms with E-state index in [9.17, 15) is 0 Å². The number of nitrogens with two attached hydrogens (primary N) is 1. The summed E-state index contributed by atoms with van der Waals surface area (Å²) in [5.74, 6) is 0.643. The third kappa shape index (κ3) is 3.31. The molecule has 2 nitrogen and oxygen atoms in total. The molecule has 0 aliphatic carbocycles. The van der Waals surface area contributed by atoms with E-state index in [0.29, 0.717) is 5.92 Å². The van der Waals surface area contributed by atoms with Crippen molar-refractivity contribution in [2.24, 2.45) is 11.7 Å². The molecule has 0 bridgehead atoms. The van der Waals surface area contributed by atoms with Crippen molar-refractivity contribution in [3.05, 3.63) is 48.0 Å². The van der Waals surface area contributed by atoms with Crippen LogP contribution in [0.1, 0.15) is 18.9 Å². The van der Waals surface area contributed by atoms with Gasteiger partial charge in [-0.2, -0.15) is 0 Å². The lowest BCUT2D eigenvalue weighted by Gasteiger charge is -2.12. The van der Waals surface area contributed by atoms with Gasteiger partial charge < -0.3 is 11.1 Å². The van der Waals surface area contributed by atoms with Crippen molar-refractivity contribution in [1.29, 1.82) is 0 Å². The van der Waals surface area contributed by atoms with Gasteiger partial charge in [0.2, 0.25) is 0 Å². The Morgan fingerprint density at radius 3 is 2.72 bits per heavy atom. The summed E-state index contributed by atoms with van der Waals surface area (Å²) in [7, 11) is 0. The standard InChI is InChI=1S/C16H22N2/c1-13(9-10-17)11-18-12-15-7-4-6-14-5-2-3-8-16(14)15/h2-8,13,18H,9-12,17H2,1H3. The van der Waals surface area contributed by atoms with E-state index in [2.05, 4.69) is 54.7 Å². The Bertz CT molecular complexity index is 488. The number of rotatable bonds is 6. The molecule has 0 saturated heterocycles. The second-order valence-electron chi connectivity index (χ2n) is 4.95. The van der Waals surface area contributed by atoms with Crippen molar-refractivity contribution in [2.75, 3.05) is 13.1 Å². The first-order valence-electron chi connectivity index (χ1n) is 6.68. The number of benzene rings is 2. The van der Waals surface area contributed by atoms with Gasteiger partial charge in [-0.15, -0.1) is 0 Å². The lowest BCUT2D eigenvalue weighted by atomic mass is 10.0. The van der Waals surface area contributed by atoms with Crippen LogP contribution in [0.4, 0.5) is 0 Å². The smallest absolute Gasteiger partial charge is 0.0211 e. The van der Waals surface area contributed by atoms with Crippen LogP contribution >= 0.6 is 0 Å². The molecule has 0 saturated carbocycles. The Hall–Kier alpha value is -1.38. The van der Waals surface area contributed by atoms with Crippen molar-refractivity contribution < 1.29 is 0 Å². The Labute approximate surface area is 109 Å². The first-order valence-corrected chi connectivity index (χ1v) is 6.68. The van der Waals surface area contributed by atoms with Gasteiger partial charge in [0.05, 0.1) is 0 Å². The molecule has 1 atom stereocenters. The van der Waals surface area contributed by atoms with Gasteiger partial charge in [0, 0.05) is 6.54 Å². The topological polar surface area (TPSA) is 38.0 Å². The van der Waals surface area contributed by atoms with E-state index in [1.165, 1.54) is 16.3 Å². The summed E-state index contributed by atoms with van der Waals surface area (Å²) in [6, 6.07) is 15.0. The van der Waals surface area contributed by atoms with Crippen LogP contribution in [-0.2, 0) is 6.54 Å². The predicted octanol–water partition coefficient (Wildman–Crippen LogP) is 2.91. The van der Waals surface area contributed by atoms with Gasteiger partial charge in [-0.3, -0.25) is 0 Å². The maximum atomic E-state index is 5.56. The molecule has 0 aliphatic heterocycles. The zero-order valence-corrected chi connectivity index (χ0v) is 11.0. The average molecular weight is 242 g/mol. The molecule has 2 rings (SSSR count). The van der Waals surface area contributed by atoms with Crippen molar-refractivity contribution in [3.63, 3.8) is 0 Å². The molecule has 1 unspecified atom stereocenters. The largest absolute Gasteiger partial charge is 0.330 e. The molecule has 0 fully saturated rings. The monoisotopic (exact) mass is 242 g/mol. The van der Waals surface area contributed by atoms with Crippen LogP contribution in [-0.4, -0.2) is 13.1 Å². The number of hydrogen-bond acceptors (Lipinski definition) is 2. The molecule has 0 aromatic heterocycles. The summed E-state index contributed by atoms with van der Waals surface area (Å²) < 4.78 is 0. The molecular formula is C16H22N2. The van der Waals surface area contributed by atoms with Crippen LogP contribution in [0.5, 0.6) is 0 Å². The second-order valence-corrected chi connectivity index (χ2v) is 4.95. The Kier molecular flexibility index (Phi) is 4.73. The van der Waals surface area contributed by atoms with Crippen molar-refractivity contribution in [1.82, 2.24) is 5.32 Å². The summed E-state index contributed by atoms with van der Waals surface area (Å²) >= 11 is 0. The average Bonchev–Trinajstić information content (AvgIpc) is 2.39. The lowest BCUT2D eigenvalue weighted by Crippen LogP contribution is -2.22. The van der Waals surface area contributed by atoms with Crippen molar-refractivity contribution in [3.8, 4) is 0 Å². The van der Waals surface area contributed by atoms with Crippen LogP contribution in [0.15, 0.2) is 42.5 Å². The van der Waals surface area contributed by atoms with E-state index in [4.69, 9.17) is 5.73 Å². The molecular weight excluding hydrogens is 220 g/mol. The summed E-state index contributed by atoms with van der Waals surface area (Å²) in [5.41, 5.74) is 6.93.